The number of pyridine rings is 2. The highest BCUT2D eigenvalue weighted by Gasteiger charge is 2.08. The minimum absolute atomic E-state index is 0.0479. The summed E-state index contributed by atoms with van der Waals surface area (Å²) >= 11 is 0. The number of hydrogen-bond acceptors (Lipinski definition) is 8. The molecular formula is C14H12N6O2. The summed E-state index contributed by atoms with van der Waals surface area (Å²) in [5.74, 6) is 1.23. The molecule has 3 heterocycles. The fourth-order valence-electron chi connectivity index (χ4n) is 1.69. The van der Waals surface area contributed by atoms with Crippen molar-refractivity contribution in [1.82, 2.24) is 30.4 Å². The van der Waals surface area contributed by atoms with E-state index in [1.165, 1.54) is 6.20 Å². The van der Waals surface area contributed by atoms with Crippen LogP contribution in [0.3, 0.4) is 0 Å². The fraction of sp³-hybridized carbons (Fsp3) is 0.143. The summed E-state index contributed by atoms with van der Waals surface area (Å²) in [5, 5.41) is 24.7. The molecule has 3 aromatic heterocycles. The van der Waals surface area contributed by atoms with E-state index in [0.717, 1.165) is 0 Å². The quantitative estimate of drug-likeness (QED) is 0.735. The summed E-state index contributed by atoms with van der Waals surface area (Å²) in [6.45, 7) is 0.174. The fourth-order valence-corrected chi connectivity index (χ4v) is 1.69. The summed E-state index contributed by atoms with van der Waals surface area (Å²) in [4.78, 5) is 8.31. The molecule has 0 fully saturated rings. The third kappa shape index (κ3) is 3.18. The Kier molecular flexibility index (Phi) is 4.21. The van der Waals surface area contributed by atoms with Crippen LogP contribution in [0.25, 0.3) is 23.0 Å². The number of ether oxygens (including phenoxy) is 1. The van der Waals surface area contributed by atoms with Crippen LogP contribution >= 0.6 is 0 Å². The maximum absolute atomic E-state index is 8.69. The van der Waals surface area contributed by atoms with E-state index in [2.05, 4.69) is 30.4 Å². The number of aliphatic hydroxyl groups excluding tert-OH is 1. The van der Waals surface area contributed by atoms with Gasteiger partial charge in [-0.3, -0.25) is 4.98 Å². The van der Waals surface area contributed by atoms with Crippen molar-refractivity contribution in [2.75, 3.05) is 13.2 Å². The highest BCUT2D eigenvalue weighted by molar-refractivity contribution is 5.51. The molecule has 3 rings (SSSR count). The second-order valence-electron chi connectivity index (χ2n) is 4.21. The third-order valence-electron chi connectivity index (χ3n) is 2.70. The van der Waals surface area contributed by atoms with E-state index in [4.69, 9.17) is 9.84 Å². The Morgan fingerprint density at radius 1 is 0.864 bits per heavy atom. The first-order valence-corrected chi connectivity index (χ1v) is 6.56. The minimum atomic E-state index is -0.0479. The topological polar surface area (TPSA) is 107 Å². The molecule has 0 spiro atoms. The average Bonchev–Trinajstić information content (AvgIpc) is 2.61. The lowest BCUT2D eigenvalue weighted by atomic mass is 10.3. The zero-order valence-electron chi connectivity index (χ0n) is 11.5. The van der Waals surface area contributed by atoms with E-state index in [1.54, 1.807) is 24.4 Å². The smallest absolute Gasteiger partial charge is 0.221 e. The second-order valence-corrected chi connectivity index (χ2v) is 4.21. The van der Waals surface area contributed by atoms with Gasteiger partial charge in [0.05, 0.1) is 12.8 Å². The van der Waals surface area contributed by atoms with Gasteiger partial charge in [0, 0.05) is 6.20 Å². The zero-order chi connectivity index (χ0) is 15.2. The molecule has 0 aliphatic carbocycles. The molecule has 22 heavy (non-hydrogen) atoms. The van der Waals surface area contributed by atoms with Gasteiger partial charge in [0.15, 0.2) is 0 Å². The number of aliphatic hydroxyl groups is 1. The van der Waals surface area contributed by atoms with Crippen LogP contribution < -0.4 is 4.74 Å². The summed E-state index contributed by atoms with van der Waals surface area (Å²) in [5.41, 5.74) is 1.14. The molecular weight excluding hydrogens is 284 g/mol. The van der Waals surface area contributed by atoms with Gasteiger partial charge >= 0.3 is 0 Å². The molecule has 0 saturated heterocycles. The Bertz CT molecular complexity index is 719. The highest BCUT2D eigenvalue weighted by atomic mass is 16.5. The maximum atomic E-state index is 8.69. The average molecular weight is 296 g/mol. The van der Waals surface area contributed by atoms with E-state index in [-0.39, 0.29) is 13.2 Å². The van der Waals surface area contributed by atoms with Crippen LogP contribution in [0.2, 0.25) is 0 Å². The van der Waals surface area contributed by atoms with E-state index < -0.39 is 0 Å². The number of aromatic nitrogens is 6. The van der Waals surface area contributed by atoms with Crippen LogP contribution in [0.15, 0.2) is 42.7 Å². The second kappa shape index (κ2) is 6.64. The van der Waals surface area contributed by atoms with Crippen molar-refractivity contribution < 1.29 is 9.84 Å². The number of rotatable bonds is 5. The van der Waals surface area contributed by atoms with Gasteiger partial charge in [-0.15, -0.1) is 20.4 Å². The molecule has 0 aliphatic rings. The molecule has 0 radical (unpaired) electrons. The van der Waals surface area contributed by atoms with Crippen molar-refractivity contribution in [1.29, 1.82) is 0 Å². The van der Waals surface area contributed by atoms with E-state index in [0.29, 0.717) is 28.8 Å². The molecule has 3 aromatic rings. The monoisotopic (exact) mass is 296 g/mol. The van der Waals surface area contributed by atoms with Crippen LogP contribution in [-0.4, -0.2) is 48.7 Å². The van der Waals surface area contributed by atoms with Crippen molar-refractivity contribution >= 4 is 0 Å². The first kappa shape index (κ1) is 14.0. The molecule has 0 unspecified atom stereocenters. The van der Waals surface area contributed by atoms with Crippen LogP contribution in [0.4, 0.5) is 0 Å². The normalized spacial score (nSPS) is 10.4. The largest absolute Gasteiger partial charge is 0.490 e. The van der Waals surface area contributed by atoms with Crippen molar-refractivity contribution in [2.24, 2.45) is 0 Å². The summed E-state index contributed by atoms with van der Waals surface area (Å²) in [7, 11) is 0. The van der Waals surface area contributed by atoms with Crippen molar-refractivity contribution in [2.45, 2.75) is 0 Å². The highest BCUT2D eigenvalue weighted by Crippen LogP contribution is 2.16. The zero-order valence-corrected chi connectivity index (χ0v) is 11.5. The molecule has 0 saturated carbocycles. The maximum Gasteiger partial charge on any atom is 0.221 e. The Balaban J connectivity index is 1.78. The van der Waals surface area contributed by atoms with Crippen LogP contribution in [0.5, 0.6) is 5.75 Å². The van der Waals surface area contributed by atoms with Gasteiger partial charge in [0.2, 0.25) is 11.6 Å². The van der Waals surface area contributed by atoms with E-state index in [9.17, 15) is 0 Å². The molecule has 8 nitrogen and oxygen atoms in total. The lowest BCUT2D eigenvalue weighted by molar-refractivity contribution is 0.201. The van der Waals surface area contributed by atoms with Crippen molar-refractivity contribution in [3.8, 4) is 28.8 Å². The van der Waals surface area contributed by atoms with Gasteiger partial charge in [-0.2, -0.15) is 0 Å². The molecule has 8 heteroatoms. The SMILES string of the molecule is OCCOc1ccc(-c2nnc(-c3ccccn3)nn2)nc1. The molecule has 1 N–H and O–H groups in total. The molecule has 0 atom stereocenters. The molecule has 0 aromatic carbocycles. The molecule has 0 bridgehead atoms. The number of hydrogen-bond donors (Lipinski definition) is 1. The standard InChI is InChI=1S/C14H12N6O2/c21-7-8-22-10-4-5-12(16-9-10)14-19-17-13(18-20-14)11-3-1-2-6-15-11/h1-6,9,21H,7-8H2. The van der Waals surface area contributed by atoms with Gasteiger partial charge < -0.3 is 9.84 Å². The van der Waals surface area contributed by atoms with Gasteiger partial charge in [0.1, 0.15) is 23.7 Å². The minimum Gasteiger partial charge on any atom is -0.490 e. The Morgan fingerprint density at radius 3 is 2.14 bits per heavy atom. The first-order valence-electron chi connectivity index (χ1n) is 6.56. The Labute approximate surface area is 125 Å². The van der Waals surface area contributed by atoms with Gasteiger partial charge in [0.25, 0.3) is 0 Å². The van der Waals surface area contributed by atoms with Crippen molar-refractivity contribution in [3.05, 3.63) is 42.7 Å². The Morgan fingerprint density at radius 2 is 1.59 bits per heavy atom. The van der Waals surface area contributed by atoms with Gasteiger partial charge in [-0.1, -0.05) is 6.07 Å². The van der Waals surface area contributed by atoms with Crippen LogP contribution in [0.1, 0.15) is 0 Å². The molecule has 0 amide bonds. The lowest BCUT2D eigenvalue weighted by Gasteiger charge is -2.04. The van der Waals surface area contributed by atoms with E-state index >= 15 is 0 Å². The summed E-state index contributed by atoms with van der Waals surface area (Å²) in [6, 6.07) is 8.85. The summed E-state index contributed by atoms with van der Waals surface area (Å²) < 4.78 is 5.23. The Hall–Kier alpha value is -3.00. The van der Waals surface area contributed by atoms with Gasteiger partial charge in [-0.05, 0) is 24.3 Å². The number of nitrogens with zero attached hydrogens (tertiary/aromatic N) is 6. The molecule has 0 aliphatic heterocycles. The van der Waals surface area contributed by atoms with E-state index in [1.807, 2.05) is 12.1 Å². The predicted octanol–water partition coefficient (Wildman–Crippen LogP) is 0.762. The third-order valence-corrected chi connectivity index (χ3v) is 2.70. The summed E-state index contributed by atoms with van der Waals surface area (Å²) in [6.07, 6.45) is 3.18. The predicted molar refractivity (Wildman–Crippen MR) is 76.7 cm³/mol. The van der Waals surface area contributed by atoms with Crippen LogP contribution in [-0.2, 0) is 0 Å². The van der Waals surface area contributed by atoms with Crippen molar-refractivity contribution in [3.63, 3.8) is 0 Å². The molecule has 110 valence electrons. The van der Waals surface area contributed by atoms with Crippen LogP contribution in [0, 0.1) is 0 Å². The first-order chi connectivity index (χ1) is 10.9. The lowest BCUT2D eigenvalue weighted by Crippen LogP contribution is -2.03. The van der Waals surface area contributed by atoms with Gasteiger partial charge in [-0.25, -0.2) is 4.98 Å².